The lowest BCUT2D eigenvalue weighted by molar-refractivity contribution is -0.0226. The van der Waals surface area contributed by atoms with E-state index in [1.54, 1.807) is 0 Å². The fourth-order valence-corrected chi connectivity index (χ4v) is 2.35. The van der Waals surface area contributed by atoms with Gasteiger partial charge >= 0.3 is 6.03 Å². The molecule has 0 unspecified atom stereocenters. The molecule has 1 fully saturated rings. The molecule has 1 aromatic rings. The van der Waals surface area contributed by atoms with Crippen molar-refractivity contribution in [3.05, 3.63) is 30.1 Å². The maximum Gasteiger partial charge on any atom is 0.318 e. The number of amides is 2. The number of ether oxygens (including phenoxy) is 1. The Balaban J connectivity index is 2.10. The summed E-state index contributed by atoms with van der Waals surface area (Å²) in [7, 11) is 1.29. The van der Waals surface area contributed by atoms with Crippen molar-refractivity contribution in [3.63, 3.8) is 0 Å². The van der Waals surface area contributed by atoms with Gasteiger partial charge in [-0.05, 0) is 17.7 Å². The van der Waals surface area contributed by atoms with E-state index in [9.17, 15) is 22.4 Å². The average Bonchev–Trinajstić information content (AvgIpc) is 2.83. The molecule has 0 bridgehead atoms. The highest BCUT2D eigenvalue weighted by Crippen LogP contribution is 2.28. The van der Waals surface area contributed by atoms with Crippen molar-refractivity contribution >= 4 is 6.03 Å². The topological polar surface area (TPSA) is 54.5 Å². The van der Waals surface area contributed by atoms with Gasteiger partial charge in [0.15, 0.2) is 0 Å². The zero-order valence-electron chi connectivity index (χ0n) is 12.4. The quantitative estimate of drug-likeness (QED) is 0.841. The zero-order chi connectivity index (χ0) is 17.0. The summed E-state index contributed by atoms with van der Waals surface area (Å²) in [6.45, 7) is -1.09. The number of hydrogen-bond donors (Lipinski definition) is 1. The number of pyridine rings is 1. The van der Waals surface area contributed by atoms with Gasteiger partial charge in [-0.1, -0.05) is 0 Å². The highest BCUT2D eigenvalue weighted by Gasteiger charge is 2.46. The molecule has 2 atom stereocenters. The number of hydrogen-bond acceptors (Lipinski definition) is 3. The third-order valence-corrected chi connectivity index (χ3v) is 3.67. The van der Waals surface area contributed by atoms with E-state index in [-0.39, 0.29) is 6.61 Å². The fourth-order valence-electron chi connectivity index (χ4n) is 2.35. The lowest BCUT2D eigenvalue weighted by Crippen LogP contribution is -2.51. The van der Waals surface area contributed by atoms with Crippen molar-refractivity contribution in [2.45, 2.75) is 30.9 Å². The summed E-state index contributed by atoms with van der Waals surface area (Å²) in [4.78, 5) is 16.9. The van der Waals surface area contributed by atoms with E-state index >= 15 is 0 Å². The van der Waals surface area contributed by atoms with E-state index in [0.29, 0.717) is 5.56 Å². The number of nitrogens with one attached hydrogen (secondary N) is 1. The van der Waals surface area contributed by atoms with Crippen LogP contribution < -0.4 is 5.32 Å². The number of alkyl halides is 4. The Kier molecular flexibility index (Phi) is 5.40. The molecule has 0 aromatic carbocycles. The number of halogens is 4. The molecule has 5 nitrogen and oxygen atoms in total. The van der Waals surface area contributed by atoms with E-state index < -0.39 is 43.5 Å². The van der Waals surface area contributed by atoms with Crippen molar-refractivity contribution < 1.29 is 27.1 Å². The molecular weight excluding hydrogens is 318 g/mol. The predicted octanol–water partition coefficient (Wildman–Crippen LogP) is 2.45. The first-order chi connectivity index (χ1) is 10.8. The van der Waals surface area contributed by atoms with E-state index in [1.807, 2.05) is 0 Å². The Morgan fingerprint density at radius 3 is 2.65 bits per heavy atom. The summed E-state index contributed by atoms with van der Waals surface area (Å²) in [6, 6.07) is -0.271. The van der Waals surface area contributed by atoms with Crippen molar-refractivity contribution in [3.8, 4) is 0 Å². The van der Waals surface area contributed by atoms with Crippen molar-refractivity contribution in [2.24, 2.45) is 0 Å². The lowest BCUT2D eigenvalue weighted by atomic mass is 10.0. The van der Waals surface area contributed by atoms with Crippen LogP contribution in [0.1, 0.15) is 18.0 Å². The molecule has 9 heteroatoms. The van der Waals surface area contributed by atoms with E-state index in [2.05, 4.69) is 15.0 Å². The number of nitrogens with zero attached hydrogens (tertiary/aromatic N) is 2. The summed E-state index contributed by atoms with van der Waals surface area (Å²) in [5.41, 5.74) is 0.451. The molecule has 23 heavy (non-hydrogen) atoms. The standard InChI is InChI=1S/C14H17F4N3O2/c1-21(13(22)20-11-7-23-8-14(11,17)18)10(6-12(15)16)9-2-4-19-5-3-9/h2-5,10-12H,6-8H2,1H3,(H,20,22)/t10-,11-/m0/s1. The van der Waals surface area contributed by atoms with Crippen molar-refractivity contribution in [1.29, 1.82) is 0 Å². The zero-order valence-corrected chi connectivity index (χ0v) is 12.4. The van der Waals surface area contributed by atoms with Gasteiger partial charge in [0.25, 0.3) is 5.92 Å². The summed E-state index contributed by atoms with van der Waals surface area (Å²) >= 11 is 0. The van der Waals surface area contributed by atoms with Crippen LogP contribution in [0.2, 0.25) is 0 Å². The van der Waals surface area contributed by atoms with Crippen LogP contribution in [0.25, 0.3) is 0 Å². The molecule has 1 N–H and O–H groups in total. The van der Waals surface area contributed by atoms with Crippen LogP contribution in [-0.2, 0) is 4.74 Å². The van der Waals surface area contributed by atoms with Crippen molar-refractivity contribution in [2.75, 3.05) is 20.3 Å². The first kappa shape index (κ1) is 17.5. The summed E-state index contributed by atoms with van der Waals surface area (Å²) in [5, 5.41) is 2.14. The van der Waals surface area contributed by atoms with E-state index in [1.165, 1.54) is 31.6 Å². The first-order valence-electron chi connectivity index (χ1n) is 6.98. The number of urea groups is 1. The van der Waals surface area contributed by atoms with Crippen LogP contribution in [0.15, 0.2) is 24.5 Å². The maximum absolute atomic E-state index is 13.5. The molecule has 1 aliphatic heterocycles. The molecule has 2 amide bonds. The first-order valence-corrected chi connectivity index (χ1v) is 6.98. The number of rotatable bonds is 5. The third kappa shape index (κ3) is 4.31. The molecular formula is C14H17F4N3O2. The normalized spacial score (nSPS) is 21.2. The fraction of sp³-hybridized carbons (Fsp3) is 0.571. The SMILES string of the molecule is CN(C(=O)N[C@H]1COCC1(F)F)[C@@H](CC(F)F)c1ccncc1. The van der Waals surface area contributed by atoms with Gasteiger partial charge in [0, 0.05) is 25.9 Å². The molecule has 2 heterocycles. The summed E-state index contributed by atoms with van der Waals surface area (Å²) < 4.78 is 57.2. The molecule has 0 radical (unpaired) electrons. The maximum atomic E-state index is 13.5. The summed E-state index contributed by atoms with van der Waals surface area (Å²) in [5.74, 6) is -3.18. The molecule has 128 valence electrons. The van der Waals surface area contributed by atoms with Crippen LogP contribution in [0, 0.1) is 0 Å². The molecule has 1 saturated heterocycles. The van der Waals surface area contributed by atoms with Gasteiger partial charge in [-0.25, -0.2) is 22.4 Å². The van der Waals surface area contributed by atoms with E-state index in [0.717, 1.165) is 4.90 Å². The molecule has 0 spiro atoms. The second kappa shape index (κ2) is 7.12. The lowest BCUT2D eigenvalue weighted by Gasteiger charge is -2.30. The van der Waals surface area contributed by atoms with Crippen LogP contribution >= 0.6 is 0 Å². The van der Waals surface area contributed by atoms with Gasteiger partial charge in [0.2, 0.25) is 6.43 Å². The predicted molar refractivity (Wildman–Crippen MR) is 73.4 cm³/mol. The molecule has 1 aliphatic rings. The van der Waals surface area contributed by atoms with Crippen LogP contribution in [-0.4, -0.2) is 54.6 Å². The van der Waals surface area contributed by atoms with Crippen LogP contribution in [0.4, 0.5) is 22.4 Å². The Labute approximate surface area is 130 Å². The van der Waals surface area contributed by atoms with Gasteiger partial charge in [0.05, 0.1) is 12.6 Å². The van der Waals surface area contributed by atoms with Gasteiger partial charge < -0.3 is 15.0 Å². The average molecular weight is 335 g/mol. The molecule has 1 aromatic heterocycles. The minimum absolute atomic E-state index is 0.318. The van der Waals surface area contributed by atoms with Gasteiger partial charge in [0.1, 0.15) is 12.6 Å². The highest BCUT2D eigenvalue weighted by atomic mass is 19.3. The minimum Gasteiger partial charge on any atom is -0.373 e. The number of carbonyl (C=O) groups excluding carboxylic acids is 1. The number of aromatic nitrogens is 1. The van der Waals surface area contributed by atoms with E-state index in [4.69, 9.17) is 0 Å². The molecule has 0 aliphatic carbocycles. The van der Waals surface area contributed by atoms with Crippen LogP contribution in [0.3, 0.4) is 0 Å². The monoisotopic (exact) mass is 335 g/mol. The van der Waals surface area contributed by atoms with Crippen molar-refractivity contribution in [1.82, 2.24) is 15.2 Å². The summed E-state index contributed by atoms with van der Waals surface area (Å²) in [6.07, 6.45) is -0.428. The Hall–Kier alpha value is -1.90. The molecule has 0 saturated carbocycles. The second-order valence-electron chi connectivity index (χ2n) is 5.31. The smallest absolute Gasteiger partial charge is 0.318 e. The number of carbonyl (C=O) groups is 1. The Bertz CT molecular complexity index is 530. The van der Waals surface area contributed by atoms with Gasteiger partial charge in [-0.15, -0.1) is 0 Å². The van der Waals surface area contributed by atoms with Gasteiger partial charge in [-0.3, -0.25) is 4.98 Å². The minimum atomic E-state index is -3.18. The van der Waals surface area contributed by atoms with Crippen LogP contribution in [0.5, 0.6) is 0 Å². The van der Waals surface area contributed by atoms with Gasteiger partial charge in [-0.2, -0.15) is 0 Å². The largest absolute Gasteiger partial charge is 0.373 e. The second-order valence-corrected chi connectivity index (χ2v) is 5.31. The third-order valence-electron chi connectivity index (χ3n) is 3.67. The Morgan fingerprint density at radius 2 is 2.13 bits per heavy atom. The Morgan fingerprint density at radius 1 is 1.48 bits per heavy atom. The highest BCUT2D eigenvalue weighted by molar-refractivity contribution is 5.75. The molecule has 2 rings (SSSR count).